The van der Waals surface area contributed by atoms with Gasteiger partial charge in [0.25, 0.3) is 5.91 Å². The number of aliphatic carboxylic acids is 1. The highest BCUT2D eigenvalue weighted by Crippen LogP contribution is 2.04. The molecule has 5 nitrogen and oxygen atoms in total. The van der Waals surface area contributed by atoms with Gasteiger partial charge in [0.15, 0.2) is 5.82 Å². The number of aromatic nitrogens is 1. The van der Waals surface area contributed by atoms with Crippen molar-refractivity contribution in [2.45, 2.75) is 13.0 Å². The van der Waals surface area contributed by atoms with Gasteiger partial charge in [-0.2, -0.15) is 0 Å². The van der Waals surface area contributed by atoms with Crippen LogP contribution in [0.4, 0.5) is 4.39 Å². The van der Waals surface area contributed by atoms with E-state index >= 15 is 0 Å². The van der Waals surface area contributed by atoms with E-state index in [-0.39, 0.29) is 5.56 Å². The molecule has 1 atom stereocenters. The third-order valence-corrected chi connectivity index (χ3v) is 1.74. The van der Waals surface area contributed by atoms with Crippen molar-refractivity contribution in [1.29, 1.82) is 0 Å². The number of hydrogen-bond donors (Lipinski definition) is 2. The highest BCUT2D eigenvalue weighted by molar-refractivity contribution is 5.96. The minimum atomic E-state index is -1.18. The van der Waals surface area contributed by atoms with E-state index in [1.54, 1.807) is 0 Å². The fourth-order valence-electron chi connectivity index (χ4n) is 0.895. The lowest BCUT2D eigenvalue weighted by Gasteiger charge is -2.09. The Hall–Kier alpha value is -1.98. The largest absolute Gasteiger partial charge is 0.480 e. The normalized spacial score (nSPS) is 11.9. The van der Waals surface area contributed by atoms with Crippen LogP contribution in [0, 0.1) is 5.82 Å². The predicted octanol–water partition coefficient (Wildman–Crippen LogP) is 0.424. The molecule has 0 aliphatic rings. The number of carboxylic acid groups (broad SMARTS) is 1. The number of nitrogens with one attached hydrogen (secondary N) is 1. The van der Waals surface area contributed by atoms with Gasteiger partial charge in [-0.1, -0.05) is 0 Å². The van der Waals surface area contributed by atoms with E-state index in [0.717, 1.165) is 6.20 Å². The molecule has 1 heterocycles. The summed E-state index contributed by atoms with van der Waals surface area (Å²) < 4.78 is 13.0. The molecule has 6 heteroatoms. The number of carboxylic acids is 1. The van der Waals surface area contributed by atoms with Crippen molar-refractivity contribution in [3.8, 4) is 0 Å². The van der Waals surface area contributed by atoms with Crippen LogP contribution in [0.2, 0.25) is 0 Å². The minimum Gasteiger partial charge on any atom is -0.480 e. The van der Waals surface area contributed by atoms with Gasteiger partial charge in [-0.3, -0.25) is 14.6 Å². The lowest BCUT2D eigenvalue weighted by atomic mass is 10.2. The molecular weight excluding hydrogens is 203 g/mol. The molecule has 1 rings (SSSR count). The van der Waals surface area contributed by atoms with Crippen LogP contribution in [0.1, 0.15) is 17.3 Å². The Morgan fingerprint density at radius 3 is 2.80 bits per heavy atom. The highest BCUT2D eigenvalue weighted by atomic mass is 19.1. The second kappa shape index (κ2) is 4.50. The van der Waals surface area contributed by atoms with Crippen molar-refractivity contribution in [1.82, 2.24) is 10.3 Å². The second-order valence-electron chi connectivity index (χ2n) is 2.89. The minimum absolute atomic E-state index is 0.224. The van der Waals surface area contributed by atoms with Gasteiger partial charge < -0.3 is 10.4 Å². The maximum Gasteiger partial charge on any atom is 0.325 e. The highest BCUT2D eigenvalue weighted by Gasteiger charge is 2.17. The molecule has 0 bridgehead atoms. The molecule has 1 aromatic rings. The molecule has 80 valence electrons. The van der Waals surface area contributed by atoms with Crippen LogP contribution in [0.3, 0.4) is 0 Å². The molecule has 0 saturated heterocycles. The Bertz CT molecular complexity index is 395. The Balaban J connectivity index is 2.78. The maximum absolute atomic E-state index is 13.0. The fourth-order valence-corrected chi connectivity index (χ4v) is 0.895. The molecule has 0 aromatic carbocycles. The maximum atomic E-state index is 13.0. The van der Waals surface area contributed by atoms with Crippen molar-refractivity contribution in [2.75, 3.05) is 0 Å². The van der Waals surface area contributed by atoms with Crippen molar-refractivity contribution in [3.63, 3.8) is 0 Å². The van der Waals surface area contributed by atoms with Crippen LogP contribution in [0.25, 0.3) is 0 Å². The second-order valence-corrected chi connectivity index (χ2v) is 2.89. The van der Waals surface area contributed by atoms with Crippen LogP contribution in [0.15, 0.2) is 18.5 Å². The van der Waals surface area contributed by atoms with E-state index in [1.165, 1.54) is 19.2 Å². The summed E-state index contributed by atoms with van der Waals surface area (Å²) in [7, 11) is 0. The molecule has 15 heavy (non-hydrogen) atoms. The van der Waals surface area contributed by atoms with Crippen molar-refractivity contribution in [3.05, 3.63) is 29.8 Å². The third kappa shape index (κ3) is 2.73. The quantitative estimate of drug-likeness (QED) is 0.761. The van der Waals surface area contributed by atoms with Crippen LogP contribution >= 0.6 is 0 Å². The van der Waals surface area contributed by atoms with Crippen molar-refractivity contribution in [2.24, 2.45) is 0 Å². The van der Waals surface area contributed by atoms with Gasteiger partial charge in [-0.15, -0.1) is 0 Å². The number of amides is 1. The summed E-state index contributed by atoms with van der Waals surface area (Å²) in [5.74, 6) is -2.74. The Labute approximate surface area is 84.9 Å². The number of halogens is 1. The van der Waals surface area contributed by atoms with Gasteiger partial charge in [0.2, 0.25) is 0 Å². The zero-order valence-corrected chi connectivity index (χ0v) is 7.90. The monoisotopic (exact) mass is 212 g/mol. The van der Waals surface area contributed by atoms with Gasteiger partial charge in [0, 0.05) is 6.20 Å². The van der Waals surface area contributed by atoms with Crippen LogP contribution in [-0.2, 0) is 4.79 Å². The van der Waals surface area contributed by atoms with E-state index in [1.807, 2.05) is 0 Å². The molecule has 0 aliphatic carbocycles. The van der Waals surface area contributed by atoms with Gasteiger partial charge in [-0.25, -0.2) is 4.39 Å². The number of hydrogen-bond acceptors (Lipinski definition) is 3. The molecular formula is C9H9FN2O3. The number of pyridine rings is 1. The first-order valence-electron chi connectivity index (χ1n) is 4.15. The van der Waals surface area contributed by atoms with Crippen LogP contribution in [-0.4, -0.2) is 28.0 Å². The predicted molar refractivity (Wildman–Crippen MR) is 48.8 cm³/mol. The SMILES string of the molecule is C[C@H](NC(=O)c1ccncc1F)C(=O)O. The molecule has 0 radical (unpaired) electrons. The third-order valence-electron chi connectivity index (χ3n) is 1.74. The number of rotatable bonds is 3. The molecule has 0 spiro atoms. The Kier molecular flexibility index (Phi) is 3.33. The topological polar surface area (TPSA) is 79.3 Å². The van der Waals surface area contributed by atoms with E-state index in [2.05, 4.69) is 10.3 Å². The Morgan fingerprint density at radius 1 is 1.60 bits per heavy atom. The van der Waals surface area contributed by atoms with E-state index in [4.69, 9.17) is 5.11 Å². The standard InChI is InChI=1S/C9H9FN2O3/c1-5(9(14)15)12-8(13)6-2-3-11-4-7(6)10/h2-5H,1H3,(H,12,13)(H,14,15)/t5-/m0/s1. The van der Waals surface area contributed by atoms with Crippen LogP contribution < -0.4 is 5.32 Å². The lowest BCUT2D eigenvalue weighted by molar-refractivity contribution is -0.138. The lowest BCUT2D eigenvalue weighted by Crippen LogP contribution is -2.38. The summed E-state index contributed by atoms with van der Waals surface area (Å²) in [4.78, 5) is 25.2. The first-order chi connectivity index (χ1) is 7.02. The summed E-state index contributed by atoms with van der Waals surface area (Å²) in [6, 6.07) is 0.115. The molecule has 0 saturated carbocycles. The van der Waals surface area contributed by atoms with E-state index in [0.29, 0.717) is 0 Å². The summed E-state index contributed by atoms with van der Waals surface area (Å²) in [6.07, 6.45) is 2.14. The summed E-state index contributed by atoms with van der Waals surface area (Å²) >= 11 is 0. The van der Waals surface area contributed by atoms with Crippen molar-refractivity contribution < 1.29 is 19.1 Å². The van der Waals surface area contributed by atoms with E-state index < -0.39 is 23.7 Å². The molecule has 2 N–H and O–H groups in total. The zero-order chi connectivity index (χ0) is 11.4. The molecule has 0 unspecified atom stereocenters. The number of carbonyl (C=O) groups excluding carboxylic acids is 1. The van der Waals surface area contributed by atoms with Crippen LogP contribution in [0.5, 0.6) is 0 Å². The fraction of sp³-hybridized carbons (Fsp3) is 0.222. The van der Waals surface area contributed by atoms with E-state index in [9.17, 15) is 14.0 Å². The van der Waals surface area contributed by atoms with Gasteiger partial charge in [-0.05, 0) is 13.0 Å². The van der Waals surface area contributed by atoms with Gasteiger partial charge in [0.05, 0.1) is 11.8 Å². The summed E-state index contributed by atoms with van der Waals surface area (Å²) in [6.45, 7) is 1.29. The average Bonchev–Trinajstić information content (AvgIpc) is 2.18. The number of carbonyl (C=O) groups is 2. The first kappa shape index (κ1) is 11.1. The first-order valence-corrected chi connectivity index (χ1v) is 4.15. The Morgan fingerprint density at radius 2 is 2.27 bits per heavy atom. The summed E-state index contributed by atoms with van der Waals surface area (Å²) in [5.41, 5.74) is -0.224. The van der Waals surface area contributed by atoms with Gasteiger partial charge in [0.1, 0.15) is 6.04 Å². The molecule has 1 amide bonds. The average molecular weight is 212 g/mol. The molecule has 0 aliphatic heterocycles. The van der Waals surface area contributed by atoms with Gasteiger partial charge >= 0.3 is 5.97 Å². The summed E-state index contributed by atoms with van der Waals surface area (Å²) in [5, 5.41) is 10.7. The smallest absolute Gasteiger partial charge is 0.325 e. The number of nitrogens with zero attached hydrogens (tertiary/aromatic N) is 1. The van der Waals surface area contributed by atoms with Crippen molar-refractivity contribution >= 4 is 11.9 Å². The zero-order valence-electron chi connectivity index (χ0n) is 7.90. The molecule has 1 aromatic heterocycles. The molecule has 0 fully saturated rings.